The van der Waals surface area contributed by atoms with Crippen molar-refractivity contribution in [2.75, 3.05) is 45.9 Å². The highest BCUT2D eigenvalue weighted by atomic mass is 32.2. The van der Waals surface area contributed by atoms with Gasteiger partial charge in [-0.15, -0.1) is 0 Å². The average Bonchev–Trinajstić information content (AvgIpc) is 3.30. The van der Waals surface area contributed by atoms with Crippen LogP contribution in [0.3, 0.4) is 0 Å². The van der Waals surface area contributed by atoms with Crippen molar-refractivity contribution in [2.24, 2.45) is 0 Å². The summed E-state index contributed by atoms with van der Waals surface area (Å²) in [6.45, 7) is 5.95. The molecule has 0 aromatic carbocycles. The lowest BCUT2D eigenvalue weighted by atomic mass is 10.2. The van der Waals surface area contributed by atoms with Gasteiger partial charge in [-0.1, -0.05) is 24.0 Å². The number of carbonyl (C=O) groups is 2. The molecule has 0 radical (unpaired) electrons. The van der Waals surface area contributed by atoms with Crippen LogP contribution in [0, 0.1) is 0 Å². The average molecular weight is 425 g/mol. The Morgan fingerprint density at radius 2 is 2.18 bits per heavy atom. The van der Waals surface area contributed by atoms with Crippen LogP contribution in [0.2, 0.25) is 0 Å². The van der Waals surface area contributed by atoms with Crippen LogP contribution in [-0.2, 0) is 14.3 Å². The van der Waals surface area contributed by atoms with Gasteiger partial charge in [0.05, 0.1) is 30.9 Å². The zero-order valence-corrected chi connectivity index (χ0v) is 17.4. The zero-order valence-electron chi connectivity index (χ0n) is 15.8. The van der Waals surface area contributed by atoms with Crippen molar-refractivity contribution in [3.63, 3.8) is 0 Å². The molecule has 0 aliphatic carbocycles. The van der Waals surface area contributed by atoms with Crippen LogP contribution in [0.5, 0.6) is 0 Å². The largest absolute Gasteiger partial charge is 0.465 e. The molecule has 2 aliphatic heterocycles. The number of thiocarbonyl (C=S) groups is 1. The zero-order chi connectivity index (χ0) is 19.8. The molecule has 0 spiro atoms. The first-order valence-electron chi connectivity index (χ1n) is 9.60. The molecule has 2 N–H and O–H groups in total. The van der Waals surface area contributed by atoms with E-state index >= 15 is 0 Å². The van der Waals surface area contributed by atoms with E-state index in [1.54, 1.807) is 29.4 Å². The minimum absolute atomic E-state index is 0.0218. The third kappa shape index (κ3) is 6.16. The fourth-order valence-electron chi connectivity index (χ4n) is 3.16. The molecular formula is C19H26N3O4S2+. The SMILES string of the molecule is O=C(CCCN1C(=O)/C(=C\c2ccco2)SC1=S)NCCC[NH+]1CCOCC1. The predicted octanol–water partition coefficient (Wildman–Crippen LogP) is 0.682. The lowest BCUT2D eigenvalue weighted by Gasteiger charge is -2.23. The number of quaternary nitrogens is 1. The van der Waals surface area contributed by atoms with Gasteiger partial charge in [0.15, 0.2) is 0 Å². The van der Waals surface area contributed by atoms with Gasteiger partial charge in [-0.05, 0) is 18.6 Å². The van der Waals surface area contributed by atoms with Crippen molar-refractivity contribution in [3.05, 3.63) is 29.1 Å². The molecule has 2 amide bonds. The fraction of sp³-hybridized carbons (Fsp3) is 0.526. The minimum Gasteiger partial charge on any atom is -0.465 e. The molecule has 2 fully saturated rings. The van der Waals surface area contributed by atoms with Crippen LogP contribution in [0.25, 0.3) is 6.08 Å². The summed E-state index contributed by atoms with van der Waals surface area (Å²) in [5, 5.41) is 2.96. The van der Waals surface area contributed by atoms with Gasteiger partial charge in [-0.3, -0.25) is 14.5 Å². The first-order valence-corrected chi connectivity index (χ1v) is 10.8. The number of morpholine rings is 1. The van der Waals surface area contributed by atoms with Gasteiger partial charge in [0.1, 0.15) is 23.2 Å². The number of furan rings is 1. The van der Waals surface area contributed by atoms with Crippen molar-refractivity contribution in [1.29, 1.82) is 0 Å². The highest BCUT2D eigenvalue weighted by Crippen LogP contribution is 2.32. The summed E-state index contributed by atoms with van der Waals surface area (Å²) in [7, 11) is 0. The molecule has 3 heterocycles. The third-order valence-electron chi connectivity index (χ3n) is 4.70. The number of carbonyl (C=O) groups excluding carboxylic acids is 2. The van der Waals surface area contributed by atoms with Gasteiger partial charge < -0.3 is 19.4 Å². The van der Waals surface area contributed by atoms with Crippen LogP contribution < -0.4 is 10.2 Å². The summed E-state index contributed by atoms with van der Waals surface area (Å²) in [6, 6.07) is 3.56. The summed E-state index contributed by atoms with van der Waals surface area (Å²) in [4.78, 5) is 28.1. The van der Waals surface area contributed by atoms with E-state index in [0.29, 0.717) is 40.9 Å². The van der Waals surface area contributed by atoms with E-state index in [-0.39, 0.29) is 11.8 Å². The summed E-state index contributed by atoms with van der Waals surface area (Å²) >= 11 is 6.57. The second-order valence-electron chi connectivity index (χ2n) is 6.77. The Hall–Kier alpha value is -1.68. The van der Waals surface area contributed by atoms with E-state index in [1.165, 1.54) is 16.7 Å². The van der Waals surface area contributed by atoms with Crippen molar-refractivity contribution < 1.29 is 23.6 Å². The quantitative estimate of drug-likeness (QED) is 0.345. The topological polar surface area (TPSA) is 76.2 Å². The first-order chi connectivity index (χ1) is 13.6. The Morgan fingerprint density at radius 3 is 2.93 bits per heavy atom. The molecule has 2 aliphatic rings. The number of ether oxygens (including phenoxy) is 1. The third-order valence-corrected chi connectivity index (χ3v) is 6.08. The van der Waals surface area contributed by atoms with Crippen molar-refractivity contribution in [3.8, 4) is 0 Å². The van der Waals surface area contributed by atoms with Gasteiger partial charge in [-0.25, -0.2) is 0 Å². The summed E-state index contributed by atoms with van der Waals surface area (Å²) in [5.41, 5.74) is 0. The molecule has 0 unspecified atom stereocenters. The summed E-state index contributed by atoms with van der Waals surface area (Å²) < 4.78 is 11.1. The molecule has 1 aromatic heterocycles. The standard InChI is InChI=1S/C19H25N3O4S2/c23-17(20-6-3-7-21-9-12-25-13-10-21)5-1-8-22-18(24)16(28-19(22)27)14-15-4-2-11-26-15/h2,4,11,14H,1,3,5-10,12-13H2,(H,20,23)/p+1/b16-14+. The van der Waals surface area contributed by atoms with Crippen LogP contribution in [0.1, 0.15) is 25.0 Å². The maximum atomic E-state index is 12.5. The second-order valence-corrected chi connectivity index (χ2v) is 8.44. The number of thioether (sulfide) groups is 1. The second kappa shape index (κ2) is 10.8. The van der Waals surface area contributed by atoms with Crippen LogP contribution in [0.4, 0.5) is 0 Å². The Labute approximate surface area is 174 Å². The molecule has 9 heteroatoms. The maximum Gasteiger partial charge on any atom is 0.266 e. The van der Waals surface area contributed by atoms with E-state index < -0.39 is 0 Å². The molecule has 152 valence electrons. The van der Waals surface area contributed by atoms with Gasteiger partial charge in [-0.2, -0.15) is 0 Å². The maximum absolute atomic E-state index is 12.5. The Bertz CT molecular complexity index is 715. The molecule has 28 heavy (non-hydrogen) atoms. The smallest absolute Gasteiger partial charge is 0.266 e. The molecule has 2 saturated heterocycles. The van der Waals surface area contributed by atoms with E-state index in [1.807, 2.05) is 0 Å². The number of amides is 2. The predicted molar refractivity (Wildman–Crippen MR) is 112 cm³/mol. The number of nitrogens with zero attached hydrogens (tertiary/aromatic N) is 1. The molecule has 7 nitrogen and oxygen atoms in total. The summed E-state index contributed by atoms with van der Waals surface area (Å²) in [5.74, 6) is 0.521. The Balaban J connectivity index is 1.32. The van der Waals surface area contributed by atoms with E-state index in [2.05, 4.69) is 5.32 Å². The van der Waals surface area contributed by atoms with Gasteiger partial charge >= 0.3 is 0 Å². The molecular weight excluding hydrogens is 398 g/mol. The van der Waals surface area contributed by atoms with E-state index in [9.17, 15) is 9.59 Å². The van der Waals surface area contributed by atoms with Crippen LogP contribution in [-0.4, -0.2) is 67.0 Å². The minimum atomic E-state index is -0.125. The van der Waals surface area contributed by atoms with Crippen molar-refractivity contribution >= 4 is 46.2 Å². The van der Waals surface area contributed by atoms with Crippen LogP contribution >= 0.6 is 24.0 Å². The number of nitrogens with one attached hydrogen (secondary N) is 2. The van der Waals surface area contributed by atoms with Crippen LogP contribution in [0.15, 0.2) is 27.7 Å². The van der Waals surface area contributed by atoms with Gasteiger partial charge in [0.25, 0.3) is 5.91 Å². The van der Waals surface area contributed by atoms with Crippen molar-refractivity contribution in [1.82, 2.24) is 10.2 Å². The molecule has 0 bridgehead atoms. The van der Waals surface area contributed by atoms with Gasteiger partial charge in [0, 0.05) is 32.0 Å². The number of rotatable bonds is 9. The molecule has 3 rings (SSSR count). The lowest BCUT2D eigenvalue weighted by molar-refractivity contribution is -0.908. The molecule has 1 aromatic rings. The first kappa shape index (κ1) is 21.0. The number of hydrogen-bond acceptors (Lipinski definition) is 6. The van der Waals surface area contributed by atoms with E-state index in [0.717, 1.165) is 39.3 Å². The highest BCUT2D eigenvalue weighted by molar-refractivity contribution is 8.26. The Kier molecular flexibility index (Phi) is 8.08. The van der Waals surface area contributed by atoms with E-state index in [4.69, 9.17) is 21.4 Å². The normalized spacial score (nSPS) is 19.6. The monoisotopic (exact) mass is 424 g/mol. The van der Waals surface area contributed by atoms with Crippen molar-refractivity contribution in [2.45, 2.75) is 19.3 Å². The summed E-state index contributed by atoms with van der Waals surface area (Å²) in [6.07, 6.45) is 5.20. The molecule has 0 atom stereocenters. The Morgan fingerprint density at radius 1 is 1.36 bits per heavy atom. The fourth-order valence-corrected chi connectivity index (χ4v) is 4.45. The lowest BCUT2D eigenvalue weighted by Crippen LogP contribution is -3.14. The van der Waals surface area contributed by atoms with Gasteiger partial charge in [0.2, 0.25) is 5.91 Å². The highest BCUT2D eigenvalue weighted by Gasteiger charge is 2.31. The molecule has 0 saturated carbocycles. The number of hydrogen-bond donors (Lipinski definition) is 2.